The molecule has 2 aromatic heterocycles. The zero-order valence-corrected chi connectivity index (χ0v) is 16.1. The zero-order chi connectivity index (χ0) is 18.1. The fourth-order valence-corrected chi connectivity index (χ4v) is 3.73. The van der Waals surface area contributed by atoms with Crippen LogP contribution >= 0.6 is 15.9 Å². The third-order valence-electron chi connectivity index (χ3n) is 4.83. The molecular weight excluding hydrogens is 394 g/mol. The van der Waals surface area contributed by atoms with E-state index in [2.05, 4.69) is 31.3 Å². The number of nitrogens with zero attached hydrogens (tertiary/aromatic N) is 4. The van der Waals surface area contributed by atoms with E-state index in [1.807, 2.05) is 52.7 Å². The average Bonchev–Trinajstić information content (AvgIpc) is 3.05. The van der Waals surface area contributed by atoms with Crippen LogP contribution in [0.4, 0.5) is 5.82 Å². The van der Waals surface area contributed by atoms with Crippen LogP contribution in [0.2, 0.25) is 0 Å². The lowest BCUT2D eigenvalue weighted by Gasteiger charge is -2.32. The molecule has 7 heteroatoms. The molecule has 0 atom stereocenters. The molecule has 0 aliphatic carbocycles. The fraction of sp³-hybridized carbons (Fsp3) is 0.316. The highest BCUT2D eigenvalue weighted by Gasteiger charge is 2.24. The Kier molecular flexibility index (Phi) is 4.63. The van der Waals surface area contributed by atoms with Gasteiger partial charge in [-0.2, -0.15) is 5.10 Å². The van der Waals surface area contributed by atoms with Crippen LogP contribution in [0.25, 0.3) is 5.52 Å². The standard InChI is InChI=1S/C19H20BrN5O/c1-13-2-4-14(5-3-13)19(26)24-10-8-15(9-11-24)23-18-16-6-7-17(20)25(16)22-12-21-18/h2-7,12,15H,8-11H2,1H3,(H,21,22,23). The molecule has 0 radical (unpaired) electrons. The highest BCUT2D eigenvalue weighted by atomic mass is 79.9. The van der Waals surface area contributed by atoms with Crippen LogP contribution < -0.4 is 5.32 Å². The molecule has 6 nitrogen and oxygen atoms in total. The second-order valence-corrected chi connectivity index (χ2v) is 7.45. The summed E-state index contributed by atoms with van der Waals surface area (Å²) in [6.07, 6.45) is 3.35. The minimum atomic E-state index is 0.114. The van der Waals surface area contributed by atoms with Crippen molar-refractivity contribution in [2.75, 3.05) is 18.4 Å². The Morgan fingerprint density at radius 2 is 1.88 bits per heavy atom. The molecular formula is C19H20BrN5O. The van der Waals surface area contributed by atoms with Crippen LogP contribution in [-0.2, 0) is 0 Å². The van der Waals surface area contributed by atoms with Crippen molar-refractivity contribution >= 4 is 33.2 Å². The summed E-state index contributed by atoms with van der Waals surface area (Å²) in [5.41, 5.74) is 2.87. The van der Waals surface area contributed by atoms with Gasteiger partial charge in [0.25, 0.3) is 5.91 Å². The minimum absolute atomic E-state index is 0.114. The van der Waals surface area contributed by atoms with Gasteiger partial charge in [-0.1, -0.05) is 17.7 Å². The Labute approximate surface area is 160 Å². The number of carbonyl (C=O) groups excluding carboxylic acids is 1. The number of aryl methyl sites for hydroxylation is 1. The van der Waals surface area contributed by atoms with Gasteiger partial charge in [-0.3, -0.25) is 4.79 Å². The van der Waals surface area contributed by atoms with Crippen molar-refractivity contribution in [1.29, 1.82) is 0 Å². The highest BCUT2D eigenvalue weighted by Crippen LogP contribution is 2.23. The molecule has 1 amide bonds. The second-order valence-electron chi connectivity index (χ2n) is 6.64. The summed E-state index contributed by atoms with van der Waals surface area (Å²) in [4.78, 5) is 18.9. The Morgan fingerprint density at radius 3 is 2.62 bits per heavy atom. The number of hydrogen-bond donors (Lipinski definition) is 1. The zero-order valence-electron chi connectivity index (χ0n) is 14.5. The van der Waals surface area contributed by atoms with Crippen molar-refractivity contribution in [2.24, 2.45) is 0 Å². The number of halogens is 1. The molecule has 1 aromatic carbocycles. The number of aromatic nitrogens is 3. The van der Waals surface area contributed by atoms with Gasteiger partial charge in [0.05, 0.1) is 0 Å². The van der Waals surface area contributed by atoms with Gasteiger partial charge in [0.2, 0.25) is 0 Å². The van der Waals surface area contributed by atoms with E-state index in [9.17, 15) is 4.79 Å². The summed E-state index contributed by atoms with van der Waals surface area (Å²) in [5.74, 6) is 0.942. The number of anilines is 1. The second kappa shape index (κ2) is 7.07. The molecule has 0 unspecified atom stereocenters. The molecule has 1 saturated heterocycles. The van der Waals surface area contributed by atoms with E-state index in [0.29, 0.717) is 6.04 Å². The van der Waals surface area contributed by atoms with Crippen molar-refractivity contribution in [3.05, 3.63) is 58.5 Å². The third-order valence-corrected chi connectivity index (χ3v) is 5.43. The predicted molar refractivity (Wildman–Crippen MR) is 104 cm³/mol. The summed E-state index contributed by atoms with van der Waals surface area (Å²) in [6.45, 7) is 3.52. The Balaban J connectivity index is 1.40. The average molecular weight is 414 g/mol. The summed E-state index contributed by atoms with van der Waals surface area (Å²) >= 11 is 3.48. The van der Waals surface area contributed by atoms with Gasteiger partial charge < -0.3 is 10.2 Å². The van der Waals surface area contributed by atoms with E-state index in [4.69, 9.17) is 0 Å². The summed E-state index contributed by atoms with van der Waals surface area (Å²) in [6, 6.07) is 12.0. The van der Waals surface area contributed by atoms with Crippen molar-refractivity contribution in [3.8, 4) is 0 Å². The molecule has 1 N–H and O–H groups in total. The number of carbonyl (C=O) groups is 1. The monoisotopic (exact) mass is 413 g/mol. The third kappa shape index (κ3) is 3.31. The predicted octanol–water partition coefficient (Wildman–Crippen LogP) is 3.52. The number of benzene rings is 1. The number of piperidine rings is 1. The van der Waals surface area contributed by atoms with E-state index in [-0.39, 0.29) is 5.91 Å². The van der Waals surface area contributed by atoms with Crippen LogP contribution in [0.3, 0.4) is 0 Å². The van der Waals surface area contributed by atoms with Gasteiger partial charge in [-0.15, -0.1) is 0 Å². The van der Waals surface area contributed by atoms with E-state index in [1.165, 1.54) is 0 Å². The maximum absolute atomic E-state index is 12.6. The fourth-order valence-electron chi connectivity index (χ4n) is 3.31. The van der Waals surface area contributed by atoms with Crippen molar-refractivity contribution < 1.29 is 4.79 Å². The van der Waals surface area contributed by atoms with E-state index in [1.54, 1.807) is 6.33 Å². The highest BCUT2D eigenvalue weighted by molar-refractivity contribution is 9.10. The Morgan fingerprint density at radius 1 is 1.15 bits per heavy atom. The van der Waals surface area contributed by atoms with Crippen molar-refractivity contribution in [2.45, 2.75) is 25.8 Å². The molecule has 134 valence electrons. The molecule has 4 rings (SSSR count). The van der Waals surface area contributed by atoms with Crippen molar-refractivity contribution in [3.63, 3.8) is 0 Å². The number of nitrogens with one attached hydrogen (secondary N) is 1. The first kappa shape index (κ1) is 17.0. The molecule has 1 aliphatic heterocycles. The molecule has 0 spiro atoms. The SMILES string of the molecule is Cc1ccc(C(=O)N2CCC(Nc3ncnn4c(Br)ccc34)CC2)cc1. The number of fused-ring (bicyclic) bond motifs is 1. The smallest absolute Gasteiger partial charge is 0.253 e. The van der Waals surface area contributed by atoms with Gasteiger partial charge in [0, 0.05) is 24.7 Å². The lowest BCUT2D eigenvalue weighted by Crippen LogP contribution is -2.42. The minimum Gasteiger partial charge on any atom is -0.365 e. The largest absolute Gasteiger partial charge is 0.365 e. The number of amides is 1. The van der Waals surface area contributed by atoms with Gasteiger partial charge >= 0.3 is 0 Å². The summed E-state index contributed by atoms with van der Waals surface area (Å²) in [7, 11) is 0. The number of rotatable bonds is 3. The Hall–Kier alpha value is -2.41. The summed E-state index contributed by atoms with van der Waals surface area (Å²) < 4.78 is 2.71. The molecule has 0 bridgehead atoms. The van der Waals surface area contributed by atoms with E-state index < -0.39 is 0 Å². The maximum atomic E-state index is 12.6. The maximum Gasteiger partial charge on any atom is 0.253 e. The van der Waals surface area contributed by atoms with Gasteiger partial charge in [-0.25, -0.2) is 9.50 Å². The molecule has 3 aromatic rings. The van der Waals surface area contributed by atoms with Crippen LogP contribution in [0.15, 0.2) is 47.3 Å². The van der Waals surface area contributed by atoms with Crippen LogP contribution in [0.1, 0.15) is 28.8 Å². The van der Waals surface area contributed by atoms with E-state index in [0.717, 1.165) is 53.0 Å². The molecule has 3 heterocycles. The number of likely N-dealkylation sites (tertiary alicyclic amines) is 1. The topological polar surface area (TPSA) is 62.5 Å². The van der Waals surface area contributed by atoms with Crippen LogP contribution in [0, 0.1) is 6.92 Å². The summed E-state index contributed by atoms with van der Waals surface area (Å²) in [5, 5.41) is 7.75. The quantitative estimate of drug-likeness (QED) is 0.713. The first-order valence-electron chi connectivity index (χ1n) is 8.72. The van der Waals surface area contributed by atoms with Gasteiger partial charge in [0.15, 0.2) is 5.82 Å². The molecule has 1 aliphatic rings. The molecule has 1 fully saturated rings. The Bertz CT molecular complexity index is 929. The van der Waals surface area contributed by atoms with Crippen LogP contribution in [-0.4, -0.2) is 44.5 Å². The molecule has 0 saturated carbocycles. The van der Waals surface area contributed by atoms with Crippen LogP contribution in [0.5, 0.6) is 0 Å². The first-order chi connectivity index (χ1) is 12.6. The number of hydrogen-bond acceptors (Lipinski definition) is 4. The lowest BCUT2D eigenvalue weighted by atomic mass is 10.0. The normalized spacial score (nSPS) is 15.4. The van der Waals surface area contributed by atoms with Crippen molar-refractivity contribution in [1.82, 2.24) is 19.5 Å². The van der Waals surface area contributed by atoms with Gasteiger partial charge in [-0.05, 0) is 60.0 Å². The first-order valence-corrected chi connectivity index (χ1v) is 9.52. The van der Waals surface area contributed by atoms with Gasteiger partial charge in [0.1, 0.15) is 16.4 Å². The van der Waals surface area contributed by atoms with E-state index >= 15 is 0 Å². The molecule has 26 heavy (non-hydrogen) atoms. The lowest BCUT2D eigenvalue weighted by molar-refractivity contribution is 0.0718.